The Kier molecular flexibility index (Phi) is 9.85. The number of amides is 2. The lowest BCUT2D eigenvalue weighted by molar-refractivity contribution is 0.0809. The highest BCUT2D eigenvalue weighted by molar-refractivity contribution is 6.83. The Balaban J connectivity index is 0.891. The molecule has 12 heteroatoms. The number of hydrogen-bond donors (Lipinski definition) is 1. The second-order valence-corrected chi connectivity index (χ2v) is 18.6. The number of fused-ring (bicyclic) bond motifs is 4. The summed E-state index contributed by atoms with van der Waals surface area (Å²) in [6.45, 7) is 6.43. The SMILES string of the molecule is COc1ccc(C2=CN3C(=O)c4cc(C)c(OCCCOc5cc6c(cc5OC)C(=O)N5C=C(c7ccc([Si](C)(C)O)cc7)C[C@H]5C=N6)cc4N=C[C@@H]3C2)cc1. The van der Waals surface area contributed by atoms with Gasteiger partial charge in [0.25, 0.3) is 11.8 Å². The van der Waals surface area contributed by atoms with Gasteiger partial charge in [0.2, 0.25) is 8.32 Å². The van der Waals surface area contributed by atoms with Gasteiger partial charge in [0.05, 0.1) is 62.0 Å². The highest BCUT2D eigenvalue weighted by Crippen LogP contribution is 2.41. The summed E-state index contributed by atoms with van der Waals surface area (Å²) in [7, 11) is 0.791. The van der Waals surface area contributed by atoms with Gasteiger partial charge in [0, 0.05) is 56.2 Å². The number of carbonyl (C=O) groups excluding carboxylic acids is 2. The zero-order valence-corrected chi connectivity index (χ0v) is 33.1. The van der Waals surface area contributed by atoms with Crippen molar-refractivity contribution in [1.29, 1.82) is 0 Å². The third-order valence-electron chi connectivity index (χ3n) is 10.7. The lowest BCUT2D eigenvalue weighted by atomic mass is 10.0. The van der Waals surface area contributed by atoms with Crippen LogP contribution in [0.4, 0.5) is 11.4 Å². The van der Waals surface area contributed by atoms with Crippen molar-refractivity contribution in [3.63, 3.8) is 0 Å². The molecule has 0 bridgehead atoms. The fourth-order valence-electron chi connectivity index (χ4n) is 7.47. The third kappa shape index (κ3) is 7.13. The van der Waals surface area contributed by atoms with Crippen molar-refractivity contribution in [2.45, 2.75) is 51.4 Å². The minimum Gasteiger partial charge on any atom is -0.497 e. The number of benzene rings is 4. The Morgan fingerprint density at radius 2 is 1.21 bits per heavy atom. The fourth-order valence-corrected chi connectivity index (χ4v) is 8.46. The summed E-state index contributed by atoms with van der Waals surface area (Å²) in [5, 5.41) is 0.965. The van der Waals surface area contributed by atoms with Gasteiger partial charge in [-0.3, -0.25) is 19.6 Å². The Hall–Kier alpha value is -5.98. The van der Waals surface area contributed by atoms with Crippen molar-refractivity contribution >= 4 is 60.3 Å². The Morgan fingerprint density at radius 1 is 0.696 bits per heavy atom. The molecule has 2 amide bonds. The molecule has 4 aromatic rings. The molecule has 4 aromatic carbocycles. The van der Waals surface area contributed by atoms with Crippen molar-refractivity contribution in [2.75, 3.05) is 27.4 Å². The molecule has 286 valence electrons. The van der Waals surface area contributed by atoms with E-state index >= 15 is 0 Å². The van der Waals surface area contributed by atoms with Crippen LogP contribution >= 0.6 is 0 Å². The molecule has 8 rings (SSSR count). The summed E-state index contributed by atoms with van der Waals surface area (Å²) in [5.74, 6) is 2.13. The monoisotopic (exact) mass is 768 g/mol. The zero-order valence-electron chi connectivity index (χ0n) is 32.1. The molecule has 0 radical (unpaired) electrons. The summed E-state index contributed by atoms with van der Waals surface area (Å²) in [6.07, 6.45) is 9.37. The average Bonchev–Trinajstić information content (AvgIpc) is 3.78. The third-order valence-corrected chi connectivity index (χ3v) is 12.4. The van der Waals surface area contributed by atoms with Crippen LogP contribution in [0.1, 0.15) is 56.7 Å². The highest BCUT2D eigenvalue weighted by Gasteiger charge is 2.35. The predicted octanol–water partition coefficient (Wildman–Crippen LogP) is 7.21. The average molecular weight is 769 g/mol. The number of hydrogen-bond acceptors (Lipinski definition) is 9. The number of aryl methyl sites for hydroxylation is 1. The lowest BCUT2D eigenvalue weighted by Crippen LogP contribution is -2.41. The van der Waals surface area contributed by atoms with Crippen LogP contribution < -0.4 is 24.1 Å². The Bertz CT molecular complexity index is 2330. The van der Waals surface area contributed by atoms with Gasteiger partial charge in [-0.25, -0.2) is 0 Å². The molecule has 11 nitrogen and oxygen atoms in total. The number of rotatable bonds is 11. The molecule has 0 aromatic heterocycles. The van der Waals surface area contributed by atoms with Crippen molar-refractivity contribution in [2.24, 2.45) is 9.98 Å². The molecule has 0 spiro atoms. The van der Waals surface area contributed by atoms with Crippen LogP contribution in [0.5, 0.6) is 23.0 Å². The molecule has 0 unspecified atom stereocenters. The molecule has 2 atom stereocenters. The van der Waals surface area contributed by atoms with E-state index < -0.39 is 8.32 Å². The Morgan fingerprint density at radius 3 is 1.75 bits per heavy atom. The number of methoxy groups -OCH3 is 2. The molecule has 0 fully saturated rings. The second kappa shape index (κ2) is 14.9. The molecule has 0 saturated heterocycles. The first-order valence-corrected chi connectivity index (χ1v) is 21.7. The largest absolute Gasteiger partial charge is 0.497 e. The first kappa shape index (κ1) is 37.0. The van der Waals surface area contributed by atoms with Crippen LogP contribution in [-0.2, 0) is 0 Å². The first-order valence-electron chi connectivity index (χ1n) is 18.8. The van der Waals surface area contributed by atoms with Gasteiger partial charge in [-0.15, -0.1) is 0 Å². The fraction of sp³-hybridized carbons (Fsp3) is 0.273. The summed E-state index contributed by atoms with van der Waals surface area (Å²) in [4.78, 5) is 50.9. The maximum absolute atomic E-state index is 13.8. The van der Waals surface area contributed by atoms with Gasteiger partial charge in [-0.05, 0) is 77.3 Å². The lowest BCUT2D eigenvalue weighted by Gasteiger charge is -2.19. The molecule has 0 saturated carbocycles. The molecule has 4 aliphatic rings. The standard InChI is InChI=1S/C44H44N4O7Si/c1-27-17-36-38(45-23-32-18-30(25-47(32)43(36)49)28-7-11-34(52-2)12-8-28)21-40(27)54-15-6-16-55-42-22-39-37(20-41(42)53-3)44(50)48-26-31(19-33(48)24-46-39)29-9-13-35(14-10-29)56(4,5)51/h7-14,17,20-26,32-33,51H,6,15-16,18-19H2,1-5H3/t32-,33-/m0/s1. The molecule has 56 heavy (non-hydrogen) atoms. The van der Waals surface area contributed by atoms with Crippen molar-refractivity contribution < 1.29 is 33.3 Å². The molecular formula is C44H44N4O7Si. The maximum Gasteiger partial charge on any atom is 0.260 e. The van der Waals surface area contributed by atoms with E-state index in [-0.39, 0.29) is 23.9 Å². The van der Waals surface area contributed by atoms with Gasteiger partial charge in [0.1, 0.15) is 11.5 Å². The molecule has 4 aliphatic heterocycles. The second-order valence-electron chi connectivity index (χ2n) is 14.9. The van der Waals surface area contributed by atoms with Crippen molar-refractivity contribution in [3.05, 3.63) is 113 Å². The molecule has 0 aliphatic carbocycles. The van der Waals surface area contributed by atoms with Gasteiger partial charge >= 0.3 is 0 Å². The summed E-state index contributed by atoms with van der Waals surface area (Å²) >= 11 is 0. The summed E-state index contributed by atoms with van der Waals surface area (Å²) in [5.41, 5.74) is 7.10. The van der Waals surface area contributed by atoms with E-state index in [9.17, 15) is 14.4 Å². The van der Waals surface area contributed by atoms with Crippen LogP contribution in [0.25, 0.3) is 11.1 Å². The summed E-state index contributed by atoms with van der Waals surface area (Å²) in [6, 6.07) is 22.6. The van der Waals surface area contributed by atoms with Gasteiger partial charge in [-0.1, -0.05) is 36.4 Å². The van der Waals surface area contributed by atoms with E-state index in [0.29, 0.717) is 72.2 Å². The van der Waals surface area contributed by atoms with E-state index in [1.165, 1.54) is 0 Å². The van der Waals surface area contributed by atoms with E-state index in [4.69, 9.17) is 28.9 Å². The van der Waals surface area contributed by atoms with Gasteiger partial charge in [0.15, 0.2) is 11.5 Å². The van der Waals surface area contributed by atoms with E-state index in [1.54, 1.807) is 36.2 Å². The Labute approximate surface area is 327 Å². The van der Waals surface area contributed by atoms with Crippen LogP contribution in [0.2, 0.25) is 13.1 Å². The molecule has 4 heterocycles. The van der Waals surface area contributed by atoms with Crippen LogP contribution in [-0.4, -0.2) is 86.7 Å². The van der Waals surface area contributed by atoms with Crippen LogP contribution in [0.15, 0.2) is 95.2 Å². The van der Waals surface area contributed by atoms with Gasteiger partial charge < -0.3 is 33.5 Å². The van der Waals surface area contributed by atoms with E-state index in [2.05, 4.69) is 0 Å². The maximum atomic E-state index is 13.8. The number of nitrogens with zero attached hydrogens (tertiary/aromatic N) is 4. The normalized spacial score (nSPS) is 18.3. The summed E-state index contributed by atoms with van der Waals surface area (Å²) < 4.78 is 23.3. The van der Waals surface area contributed by atoms with Crippen molar-refractivity contribution in [1.82, 2.24) is 9.80 Å². The van der Waals surface area contributed by atoms with Crippen molar-refractivity contribution in [3.8, 4) is 23.0 Å². The van der Waals surface area contributed by atoms with Crippen LogP contribution in [0, 0.1) is 6.92 Å². The highest BCUT2D eigenvalue weighted by atomic mass is 28.4. The number of carbonyl (C=O) groups is 2. The quantitative estimate of drug-likeness (QED) is 0.127. The smallest absolute Gasteiger partial charge is 0.260 e. The number of aliphatic imine (C=N–C) groups is 2. The first-order chi connectivity index (χ1) is 27.0. The molecule has 1 N–H and O–H groups in total. The van der Waals surface area contributed by atoms with Crippen LogP contribution in [0.3, 0.4) is 0 Å². The van der Waals surface area contributed by atoms with Gasteiger partial charge in [-0.2, -0.15) is 0 Å². The predicted molar refractivity (Wildman–Crippen MR) is 220 cm³/mol. The minimum atomic E-state index is -2.40. The zero-order chi connectivity index (χ0) is 39.1. The van der Waals surface area contributed by atoms with E-state index in [1.807, 2.05) is 106 Å². The molecular weight excluding hydrogens is 725 g/mol. The van der Waals surface area contributed by atoms with E-state index in [0.717, 1.165) is 38.8 Å². The number of ether oxygens (including phenoxy) is 4. The topological polar surface area (TPSA) is 122 Å². The minimum absolute atomic E-state index is 0.0908.